The van der Waals surface area contributed by atoms with Crippen LogP contribution in [0.15, 0.2) is 24.3 Å². The number of ether oxygens (including phenoxy) is 3. The number of aliphatic hydroxyl groups is 1. The first-order valence-electron chi connectivity index (χ1n) is 6.85. The first kappa shape index (κ1) is 16.0. The van der Waals surface area contributed by atoms with Crippen LogP contribution in [-0.2, 0) is 15.9 Å². The van der Waals surface area contributed by atoms with Gasteiger partial charge in [0.2, 0.25) is 0 Å². The van der Waals surface area contributed by atoms with E-state index in [1.165, 1.54) is 5.56 Å². The lowest BCUT2D eigenvalue weighted by Gasteiger charge is -2.08. The van der Waals surface area contributed by atoms with Gasteiger partial charge in [0.15, 0.2) is 0 Å². The van der Waals surface area contributed by atoms with E-state index in [9.17, 15) is 0 Å². The summed E-state index contributed by atoms with van der Waals surface area (Å²) in [5.41, 5.74) is 1.34. The zero-order chi connectivity index (χ0) is 13.8. The zero-order valence-electron chi connectivity index (χ0n) is 11.6. The molecule has 0 bridgehead atoms. The van der Waals surface area contributed by atoms with Crippen LogP contribution in [-0.4, -0.2) is 44.7 Å². The minimum absolute atomic E-state index is 0.0527. The Morgan fingerprint density at radius 2 is 1.53 bits per heavy atom. The van der Waals surface area contributed by atoms with Gasteiger partial charge in [-0.15, -0.1) is 0 Å². The quantitative estimate of drug-likeness (QED) is 0.624. The summed E-state index contributed by atoms with van der Waals surface area (Å²) in [6.45, 7) is 4.70. The summed E-state index contributed by atoms with van der Waals surface area (Å²) >= 11 is 0. The largest absolute Gasteiger partial charge is 0.491 e. The van der Waals surface area contributed by atoms with Gasteiger partial charge in [-0.25, -0.2) is 0 Å². The molecule has 0 saturated carbocycles. The van der Waals surface area contributed by atoms with Gasteiger partial charge in [-0.05, 0) is 24.1 Å². The monoisotopic (exact) mass is 268 g/mol. The Kier molecular flexibility index (Phi) is 9.06. The van der Waals surface area contributed by atoms with Gasteiger partial charge in [0.25, 0.3) is 0 Å². The van der Waals surface area contributed by atoms with E-state index in [0.717, 1.165) is 18.6 Å². The number of hydrogen-bond donors (Lipinski definition) is 1. The number of benzene rings is 1. The van der Waals surface area contributed by atoms with Crippen molar-refractivity contribution in [2.75, 3.05) is 39.6 Å². The van der Waals surface area contributed by atoms with Crippen molar-refractivity contribution >= 4 is 0 Å². The highest BCUT2D eigenvalue weighted by atomic mass is 16.5. The molecule has 0 fully saturated rings. The second-order valence-corrected chi connectivity index (χ2v) is 4.19. The summed E-state index contributed by atoms with van der Waals surface area (Å²) in [6, 6.07) is 8.19. The molecule has 19 heavy (non-hydrogen) atoms. The molecule has 1 aromatic rings. The van der Waals surface area contributed by atoms with E-state index in [1.54, 1.807) is 0 Å². The molecule has 0 aliphatic rings. The highest BCUT2D eigenvalue weighted by molar-refractivity contribution is 5.27. The maximum atomic E-state index is 8.50. The van der Waals surface area contributed by atoms with Crippen molar-refractivity contribution < 1.29 is 19.3 Å². The number of aryl methyl sites for hydroxylation is 1. The van der Waals surface area contributed by atoms with Crippen molar-refractivity contribution in [3.8, 4) is 5.75 Å². The molecule has 0 atom stereocenters. The third-order valence-electron chi connectivity index (χ3n) is 2.57. The average Bonchev–Trinajstić information content (AvgIpc) is 2.44. The summed E-state index contributed by atoms with van der Waals surface area (Å²) < 4.78 is 16.0. The van der Waals surface area contributed by atoms with Gasteiger partial charge in [0.1, 0.15) is 12.4 Å². The second kappa shape index (κ2) is 10.8. The van der Waals surface area contributed by atoms with E-state index >= 15 is 0 Å². The summed E-state index contributed by atoms with van der Waals surface area (Å²) in [6.07, 6.45) is 2.27. The fourth-order valence-electron chi connectivity index (χ4n) is 1.65. The molecule has 0 amide bonds. The van der Waals surface area contributed by atoms with E-state index in [2.05, 4.69) is 19.1 Å². The van der Waals surface area contributed by atoms with E-state index in [4.69, 9.17) is 19.3 Å². The molecule has 0 spiro atoms. The average molecular weight is 268 g/mol. The van der Waals surface area contributed by atoms with Crippen LogP contribution in [0.4, 0.5) is 0 Å². The molecule has 0 unspecified atom stereocenters. The third kappa shape index (κ3) is 7.82. The molecule has 0 radical (unpaired) electrons. The molecule has 0 aliphatic heterocycles. The van der Waals surface area contributed by atoms with Crippen LogP contribution in [0.5, 0.6) is 5.75 Å². The van der Waals surface area contributed by atoms with Crippen molar-refractivity contribution in [1.29, 1.82) is 0 Å². The molecular weight excluding hydrogens is 244 g/mol. The van der Waals surface area contributed by atoms with E-state index in [0.29, 0.717) is 33.0 Å². The Hall–Kier alpha value is -1.10. The molecule has 108 valence electrons. The zero-order valence-corrected chi connectivity index (χ0v) is 11.6. The van der Waals surface area contributed by atoms with Crippen LogP contribution in [0.3, 0.4) is 0 Å². The summed E-state index contributed by atoms with van der Waals surface area (Å²) in [5.74, 6) is 0.875. The van der Waals surface area contributed by atoms with Gasteiger partial charge in [0.05, 0.1) is 33.0 Å². The molecular formula is C15H24O4. The topological polar surface area (TPSA) is 47.9 Å². The molecule has 1 rings (SSSR count). The fraction of sp³-hybridized carbons (Fsp3) is 0.600. The SMILES string of the molecule is CCCc1ccc(OCCOCCOCCO)cc1. The van der Waals surface area contributed by atoms with Gasteiger partial charge in [-0.3, -0.25) is 0 Å². The Balaban J connectivity index is 2.02. The molecule has 0 saturated heterocycles. The minimum atomic E-state index is 0.0527. The van der Waals surface area contributed by atoms with E-state index < -0.39 is 0 Å². The maximum absolute atomic E-state index is 8.50. The number of aliphatic hydroxyl groups excluding tert-OH is 1. The Morgan fingerprint density at radius 3 is 2.16 bits per heavy atom. The normalized spacial score (nSPS) is 10.6. The molecule has 0 heterocycles. The molecule has 4 nitrogen and oxygen atoms in total. The van der Waals surface area contributed by atoms with Gasteiger partial charge < -0.3 is 19.3 Å². The van der Waals surface area contributed by atoms with Gasteiger partial charge in [-0.1, -0.05) is 25.5 Å². The maximum Gasteiger partial charge on any atom is 0.119 e. The predicted molar refractivity (Wildman–Crippen MR) is 74.7 cm³/mol. The number of rotatable bonds is 11. The first-order chi connectivity index (χ1) is 9.36. The Labute approximate surface area is 115 Å². The molecule has 4 heteroatoms. The van der Waals surface area contributed by atoms with E-state index in [1.807, 2.05) is 12.1 Å². The summed E-state index contributed by atoms with van der Waals surface area (Å²) in [5, 5.41) is 8.50. The molecule has 0 aliphatic carbocycles. The van der Waals surface area contributed by atoms with Crippen molar-refractivity contribution in [3.05, 3.63) is 29.8 Å². The minimum Gasteiger partial charge on any atom is -0.491 e. The van der Waals surface area contributed by atoms with Crippen molar-refractivity contribution in [1.82, 2.24) is 0 Å². The van der Waals surface area contributed by atoms with Crippen molar-refractivity contribution in [2.45, 2.75) is 19.8 Å². The number of hydrogen-bond acceptors (Lipinski definition) is 4. The third-order valence-corrected chi connectivity index (χ3v) is 2.57. The van der Waals surface area contributed by atoms with Crippen LogP contribution in [0, 0.1) is 0 Å². The van der Waals surface area contributed by atoms with E-state index in [-0.39, 0.29) is 6.61 Å². The van der Waals surface area contributed by atoms with Crippen LogP contribution >= 0.6 is 0 Å². The lowest BCUT2D eigenvalue weighted by atomic mass is 10.1. The van der Waals surface area contributed by atoms with Crippen molar-refractivity contribution in [2.24, 2.45) is 0 Å². The van der Waals surface area contributed by atoms with Crippen LogP contribution in [0.1, 0.15) is 18.9 Å². The van der Waals surface area contributed by atoms with Crippen molar-refractivity contribution in [3.63, 3.8) is 0 Å². The highest BCUT2D eigenvalue weighted by Gasteiger charge is 1.95. The van der Waals surface area contributed by atoms with Gasteiger partial charge >= 0.3 is 0 Å². The molecule has 1 aromatic carbocycles. The van der Waals surface area contributed by atoms with Crippen LogP contribution < -0.4 is 4.74 Å². The second-order valence-electron chi connectivity index (χ2n) is 4.19. The highest BCUT2D eigenvalue weighted by Crippen LogP contribution is 2.13. The summed E-state index contributed by atoms with van der Waals surface area (Å²) in [4.78, 5) is 0. The van der Waals surface area contributed by atoms with Gasteiger partial charge in [-0.2, -0.15) is 0 Å². The smallest absolute Gasteiger partial charge is 0.119 e. The lowest BCUT2D eigenvalue weighted by molar-refractivity contribution is 0.0247. The molecule has 0 aromatic heterocycles. The Morgan fingerprint density at radius 1 is 0.895 bits per heavy atom. The first-order valence-corrected chi connectivity index (χ1v) is 6.85. The van der Waals surface area contributed by atoms with Crippen LogP contribution in [0.2, 0.25) is 0 Å². The summed E-state index contributed by atoms with van der Waals surface area (Å²) in [7, 11) is 0. The lowest BCUT2D eigenvalue weighted by Crippen LogP contribution is -2.11. The van der Waals surface area contributed by atoms with Gasteiger partial charge in [0, 0.05) is 0 Å². The van der Waals surface area contributed by atoms with Crippen LogP contribution in [0.25, 0.3) is 0 Å². The Bertz CT molecular complexity index is 310. The standard InChI is InChI=1S/C15H24O4/c1-2-3-14-4-6-15(7-5-14)19-13-12-18-11-10-17-9-8-16/h4-7,16H,2-3,8-13H2,1H3. The molecule has 1 N–H and O–H groups in total. The predicted octanol–water partition coefficient (Wildman–Crippen LogP) is 2.04. The fourth-order valence-corrected chi connectivity index (χ4v) is 1.65.